The van der Waals surface area contributed by atoms with Gasteiger partial charge in [-0.15, -0.1) is 0 Å². The highest BCUT2D eigenvalue weighted by molar-refractivity contribution is 5.47. The Labute approximate surface area is 120 Å². The van der Waals surface area contributed by atoms with Gasteiger partial charge in [0, 0.05) is 5.69 Å². The molecule has 2 aromatic rings. The zero-order chi connectivity index (χ0) is 14.4. The minimum absolute atomic E-state index is 0.0435. The number of hydrogen-bond donors (Lipinski definition) is 2. The van der Waals surface area contributed by atoms with Gasteiger partial charge in [0.1, 0.15) is 5.75 Å². The summed E-state index contributed by atoms with van der Waals surface area (Å²) in [5.41, 5.74) is 3.26. The molecular weight excluding hydrogens is 250 g/mol. The lowest BCUT2D eigenvalue weighted by Crippen LogP contribution is -2.14. The summed E-state index contributed by atoms with van der Waals surface area (Å²) in [4.78, 5) is 0. The lowest BCUT2D eigenvalue weighted by Gasteiger charge is -2.18. The lowest BCUT2D eigenvalue weighted by atomic mass is 10.1. The van der Waals surface area contributed by atoms with Gasteiger partial charge in [0.15, 0.2) is 0 Å². The zero-order valence-corrected chi connectivity index (χ0v) is 12.0. The highest BCUT2D eigenvalue weighted by Crippen LogP contribution is 2.22. The van der Waals surface area contributed by atoms with Crippen LogP contribution >= 0.6 is 0 Å². The van der Waals surface area contributed by atoms with Gasteiger partial charge < -0.3 is 15.2 Å². The van der Waals surface area contributed by atoms with E-state index in [-0.39, 0.29) is 12.6 Å². The number of rotatable bonds is 6. The molecule has 0 aliphatic heterocycles. The Morgan fingerprint density at radius 1 is 1.05 bits per heavy atom. The van der Waals surface area contributed by atoms with Gasteiger partial charge in [0.2, 0.25) is 0 Å². The fraction of sp³-hybridized carbons (Fsp3) is 0.294. The van der Waals surface area contributed by atoms with Crippen LogP contribution in [0.15, 0.2) is 48.5 Å². The molecule has 1 atom stereocenters. The molecule has 3 nitrogen and oxygen atoms in total. The Kier molecular flexibility index (Phi) is 5.02. The Hall–Kier alpha value is -2.00. The van der Waals surface area contributed by atoms with Crippen molar-refractivity contribution in [2.75, 3.05) is 18.5 Å². The van der Waals surface area contributed by atoms with E-state index in [1.807, 2.05) is 43.3 Å². The van der Waals surface area contributed by atoms with Crippen molar-refractivity contribution in [3.05, 3.63) is 59.7 Å². The van der Waals surface area contributed by atoms with Gasteiger partial charge in [-0.05, 0) is 43.7 Å². The molecule has 0 saturated carbocycles. The molecule has 0 amide bonds. The van der Waals surface area contributed by atoms with Gasteiger partial charge in [-0.1, -0.05) is 29.8 Å². The van der Waals surface area contributed by atoms with Crippen molar-refractivity contribution in [3.8, 4) is 5.75 Å². The smallest absolute Gasteiger partial charge is 0.119 e. The highest BCUT2D eigenvalue weighted by atomic mass is 16.5. The van der Waals surface area contributed by atoms with Crippen LogP contribution in [0.25, 0.3) is 0 Å². The molecule has 0 bridgehead atoms. The quantitative estimate of drug-likeness (QED) is 0.844. The molecule has 3 heteroatoms. The molecule has 106 valence electrons. The first kappa shape index (κ1) is 14.4. The van der Waals surface area contributed by atoms with Crippen molar-refractivity contribution in [2.24, 2.45) is 0 Å². The maximum atomic E-state index is 9.57. The molecule has 0 radical (unpaired) electrons. The second-order valence-corrected chi connectivity index (χ2v) is 4.75. The first-order chi connectivity index (χ1) is 9.72. The van der Waals surface area contributed by atoms with E-state index >= 15 is 0 Å². The highest BCUT2D eigenvalue weighted by Gasteiger charge is 2.10. The SMILES string of the molecule is CCOc1ccc(C(CO)Nc2ccc(C)cc2)cc1. The third kappa shape index (κ3) is 3.75. The first-order valence-electron chi connectivity index (χ1n) is 6.89. The van der Waals surface area contributed by atoms with E-state index in [1.165, 1.54) is 5.56 Å². The summed E-state index contributed by atoms with van der Waals surface area (Å²) in [6.07, 6.45) is 0. The third-order valence-corrected chi connectivity index (χ3v) is 3.17. The predicted octanol–water partition coefficient (Wildman–Crippen LogP) is 3.54. The molecule has 2 N–H and O–H groups in total. The monoisotopic (exact) mass is 271 g/mol. The molecule has 20 heavy (non-hydrogen) atoms. The van der Waals surface area contributed by atoms with Crippen LogP contribution in [0.3, 0.4) is 0 Å². The summed E-state index contributed by atoms with van der Waals surface area (Å²) < 4.78 is 5.42. The maximum Gasteiger partial charge on any atom is 0.119 e. The average molecular weight is 271 g/mol. The van der Waals surface area contributed by atoms with Crippen LogP contribution in [0.1, 0.15) is 24.1 Å². The third-order valence-electron chi connectivity index (χ3n) is 3.17. The second-order valence-electron chi connectivity index (χ2n) is 4.75. The summed E-state index contributed by atoms with van der Waals surface area (Å²) in [5.74, 6) is 0.850. The number of hydrogen-bond acceptors (Lipinski definition) is 3. The molecule has 2 aromatic carbocycles. The molecule has 0 heterocycles. The Morgan fingerprint density at radius 3 is 2.25 bits per heavy atom. The standard InChI is InChI=1S/C17H21NO2/c1-3-20-16-10-6-14(7-11-16)17(12-19)18-15-8-4-13(2)5-9-15/h4-11,17-19H,3,12H2,1-2H3. The second kappa shape index (κ2) is 6.96. The van der Waals surface area contributed by atoms with Crippen molar-refractivity contribution >= 4 is 5.69 Å². The molecule has 0 fully saturated rings. The fourth-order valence-corrected chi connectivity index (χ4v) is 2.05. The van der Waals surface area contributed by atoms with Gasteiger partial charge in [0.25, 0.3) is 0 Å². The van der Waals surface area contributed by atoms with Crippen molar-refractivity contribution in [1.29, 1.82) is 0 Å². The number of aryl methyl sites for hydroxylation is 1. The number of aliphatic hydroxyl groups excluding tert-OH is 1. The molecular formula is C17H21NO2. The average Bonchev–Trinajstić information content (AvgIpc) is 2.48. The van der Waals surface area contributed by atoms with Crippen LogP contribution in [0, 0.1) is 6.92 Å². The molecule has 0 aliphatic carbocycles. The summed E-state index contributed by atoms with van der Waals surface area (Å²) in [6.45, 7) is 4.72. The van der Waals surface area contributed by atoms with E-state index in [1.54, 1.807) is 0 Å². The maximum absolute atomic E-state index is 9.57. The molecule has 0 aromatic heterocycles. The van der Waals surface area contributed by atoms with E-state index in [9.17, 15) is 5.11 Å². The van der Waals surface area contributed by atoms with Crippen LogP contribution in [0.2, 0.25) is 0 Å². The van der Waals surface area contributed by atoms with Crippen LogP contribution in [-0.2, 0) is 0 Å². The predicted molar refractivity (Wildman–Crippen MR) is 82.2 cm³/mol. The fourth-order valence-electron chi connectivity index (χ4n) is 2.05. The summed E-state index contributed by atoms with van der Waals surface area (Å²) >= 11 is 0. The van der Waals surface area contributed by atoms with Crippen LogP contribution in [-0.4, -0.2) is 18.3 Å². The number of benzene rings is 2. The van der Waals surface area contributed by atoms with Crippen LogP contribution in [0.5, 0.6) is 5.75 Å². The summed E-state index contributed by atoms with van der Waals surface area (Å²) in [7, 11) is 0. The summed E-state index contributed by atoms with van der Waals surface area (Å²) in [5, 5.41) is 12.9. The molecule has 0 saturated heterocycles. The molecule has 0 aliphatic rings. The minimum atomic E-state index is -0.117. The van der Waals surface area contributed by atoms with E-state index in [0.717, 1.165) is 17.0 Å². The van der Waals surface area contributed by atoms with Gasteiger partial charge >= 0.3 is 0 Å². The Morgan fingerprint density at radius 2 is 1.70 bits per heavy atom. The topological polar surface area (TPSA) is 41.5 Å². The van der Waals surface area contributed by atoms with Gasteiger partial charge in [-0.2, -0.15) is 0 Å². The van der Waals surface area contributed by atoms with Crippen LogP contribution in [0.4, 0.5) is 5.69 Å². The van der Waals surface area contributed by atoms with E-state index < -0.39 is 0 Å². The zero-order valence-electron chi connectivity index (χ0n) is 12.0. The number of aliphatic hydroxyl groups is 1. The van der Waals surface area contributed by atoms with Crippen molar-refractivity contribution in [3.63, 3.8) is 0 Å². The van der Waals surface area contributed by atoms with Crippen molar-refractivity contribution < 1.29 is 9.84 Å². The van der Waals surface area contributed by atoms with E-state index in [2.05, 4.69) is 24.4 Å². The van der Waals surface area contributed by atoms with Gasteiger partial charge in [-0.25, -0.2) is 0 Å². The lowest BCUT2D eigenvalue weighted by molar-refractivity contribution is 0.276. The number of ether oxygens (including phenoxy) is 1. The number of anilines is 1. The van der Waals surface area contributed by atoms with E-state index in [0.29, 0.717) is 6.61 Å². The Bertz CT molecular complexity index is 520. The summed E-state index contributed by atoms with van der Waals surface area (Å²) in [6, 6.07) is 15.8. The first-order valence-corrected chi connectivity index (χ1v) is 6.89. The van der Waals surface area contributed by atoms with Crippen molar-refractivity contribution in [2.45, 2.75) is 19.9 Å². The van der Waals surface area contributed by atoms with Crippen molar-refractivity contribution in [1.82, 2.24) is 0 Å². The molecule has 0 spiro atoms. The normalized spacial score (nSPS) is 11.9. The van der Waals surface area contributed by atoms with E-state index in [4.69, 9.17) is 4.74 Å². The van der Waals surface area contributed by atoms with Gasteiger partial charge in [0.05, 0.1) is 19.3 Å². The minimum Gasteiger partial charge on any atom is -0.494 e. The van der Waals surface area contributed by atoms with Crippen LogP contribution < -0.4 is 10.1 Å². The van der Waals surface area contributed by atoms with Gasteiger partial charge in [-0.3, -0.25) is 0 Å². The molecule has 1 unspecified atom stereocenters. The largest absolute Gasteiger partial charge is 0.494 e. The Balaban J connectivity index is 2.09. The number of nitrogens with one attached hydrogen (secondary N) is 1. The molecule has 2 rings (SSSR count).